The standard InChI is InChI=1S/C24H35N3O2.ClH/c1-2-21(18-8-4-3-5-9-18)22(28)27-14-11-20(12-15-27)26-23(29)24-13-7-6-10-19(24)16-25-17-24;/h3-5,8-9,19-21,25H,2,6-7,10-17H2,1H3,(H,26,29);1H/t19-,21?,24+;/m0./s1. The zero-order valence-electron chi connectivity index (χ0n) is 18.1. The number of amides is 2. The minimum absolute atomic E-state index is 0. The highest BCUT2D eigenvalue weighted by atomic mass is 35.5. The first-order valence-corrected chi connectivity index (χ1v) is 11.5. The van der Waals surface area contributed by atoms with Crippen molar-refractivity contribution in [2.24, 2.45) is 11.3 Å². The lowest BCUT2D eigenvalue weighted by atomic mass is 9.67. The molecule has 5 nitrogen and oxygen atoms in total. The van der Waals surface area contributed by atoms with Crippen molar-refractivity contribution in [2.75, 3.05) is 26.2 Å². The van der Waals surface area contributed by atoms with E-state index in [1.165, 1.54) is 12.8 Å². The van der Waals surface area contributed by atoms with Crippen LogP contribution in [0.15, 0.2) is 30.3 Å². The van der Waals surface area contributed by atoms with Gasteiger partial charge in [-0.15, -0.1) is 12.4 Å². The van der Waals surface area contributed by atoms with Crippen LogP contribution in [0.5, 0.6) is 0 Å². The molecule has 2 heterocycles. The fraction of sp³-hybridized carbons (Fsp3) is 0.667. The number of hydrogen-bond donors (Lipinski definition) is 2. The van der Waals surface area contributed by atoms with Gasteiger partial charge < -0.3 is 15.5 Å². The Morgan fingerprint density at radius 2 is 1.90 bits per heavy atom. The van der Waals surface area contributed by atoms with Crippen molar-refractivity contribution in [1.29, 1.82) is 0 Å². The maximum Gasteiger partial charge on any atom is 0.230 e. The Bertz CT molecular complexity index is 720. The molecule has 0 bridgehead atoms. The van der Waals surface area contributed by atoms with Gasteiger partial charge in [-0.25, -0.2) is 0 Å². The quantitative estimate of drug-likeness (QED) is 0.747. The molecule has 1 aromatic carbocycles. The van der Waals surface area contributed by atoms with Crippen molar-refractivity contribution in [3.05, 3.63) is 35.9 Å². The second-order valence-electron chi connectivity index (χ2n) is 9.17. The Morgan fingerprint density at radius 3 is 2.60 bits per heavy atom. The van der Waals surface area contributed by atoms with E-state index in [0.717, 1.165) is 63.8 Å². The van der Waals surface area contributed by atoms with E-state index in [0.29, 0.717) is 5.92 Å². The molecule has 2 amide bonds. The molecule has 0 spiro atoms. The number of halogens is 1. The number of fused-ring (bicyclic) bond motifs is 1. The maximum atomic E-state index is 13.2. The highest BCUT2D eigenvalue weighted by Gasteiger charge is 2.50. The summed E-state index contributed by atoms with van der Waals surface area (Å²) in [5.41, 5.74) is 0.915. The summed E-state index contributed by atoms with van der Waals surface area (Å²) >= 11 is 0. The molecule has 2 aliphatic heterocycles. The van der Waals surface area contributed by atoms with Gasteiger partial charge in [0.05, 0.1) is 11.3 Å². The lowest BCUT2D eigenvalue weighted by Crippen LogP contribution is -2.53. The average molecular weight is 434 g/mol. The van der Waals surface area contributed by atoms with E-state index in [4.69, 9.17) is 0 Å². The van der Waals surface area contributed by atoms with Gasteiger partial charge in [0.25, 0.3) is 0 Å². The molecule has 3 fully saturated rings. The number of hydrogen-bond acceptors (Lipinski definition) is 3. The molecule has 4 rings (SSSR count). The smallest absolute Gasteiger partial charge is 0.230 e. The molecule has 166 valence electrons. The van der Waals surface area contributed by atoms with Gasteiger partial charge in [-0.3, -0.25) is 9.59 Å². The summed E-state index contributed by atoms with van der Waals surface area (Å²) in [5.74, 6) is 0.921. The molecular weight excluding hydrogens is 398 g/mol. The van der Waals surface area contributed by atoms with Crippen molar-refractivity contribution in [3.63, 3.8) is 0 Å². The molecule has 1 aliphatic carbocycles. The van der Waals surface area contributed by atoms with Gasteiger partial charge in [-0.1, -0.05) is 50.1 Å². The minimum atomic E-state index is -0.189. The van der Waals surface area contributed by atoms with Crippen molar-refractivity contribution in [3.8, 4) is 0 Å². The first-order valence-electron chi connectivity index (χ1n) is 11.5. The first-order chi connectivity index (χ1) is 14.1. The van der Waals surface area contributed by atoms with Crippen LogP contribution in [0.3, 0.4) is 0 Å². The van der Waals surface area contributed by atoms with Gasteiger partial charge in [0, 0.05) is 25.7 Å². The van der Waals surface area contributed by atoms with E-state index in [-0.39, 0.29) is 41.6 Å². The summed E-state index contributed by atoms with van der Waals surface area (Å²) in [6.45, 7) is 5.37. The fourth-order valence-electron chi connectivity index (χ4n) is 5.72. The lowest BCUT2D eigenvalue weighted by molar-refractivity contribution is -0.136. The molecule has 0 aromatic heterocycles. The van der Waals surface area contributed by atoms with E-state index in [1.54, 1.807) is 0 Å². The molecule has 1 aromatic rings. The van der Waals surface area contributed by atoms with Gasteiger partial charge in [-0.05, 0) is 50.1 Å². The van der Waals surface area contributed by atoms with Crippen LogP contribution in [-0.2, 0) is 9.59 Å². The van der Waals surface area contributed by atoms with Crippen LogP contribution >= 0.6 is 12.4 Å². The molecule has 30 heavy (non-hydrogen) atoms. The van der Waals surface area contributed by atoms with E-state index in [2.05, 4.69) is 29.7 Å². The number of likely N-dealkylation sites (tertiary alicyclic amines) is 1. The summed E-state index contributed by atoms with van der Waals surface area (Å²) in [6.07, 6.45) is 7.14. The Hall–Kier alpha value is -1.59. The number of rotatable bonds is 5. The van der Waals surface area contributed by atoms with Crippen LogP contribution < -0.4 is 10.6 Å². The molecular formula is C24H36ClN3O2. The largest absolute Gasteiger partial charge is 0.353 e. The second kappa shape index (κ2) is 10.1. The van der Waals surface area contributed by atoms with Gasteiger partial charge in [0.1, 0.15) is 0 Å². The number of piperidine rings is 1. The minimum Gasteiger partial charge on any atom is -0.353 e. The highest BCUT2D eigenvalue weighted by Crippen LogP contribution is 2.44. The van der Waals surface area contributed by atoms with Crippen LogP contribution in [0.4, 0.5) is 0 Å². The SMILES string of the molecule is CCC(C(=O)N1CCC(NC(=O)[C@@]23CCCC[C@H]2CNC3)CC1)c1ccccc1.Cl. The van der Waals surface area contributed by atoms with Gasteiger partial charge >= 0.3 is 0 Å². The Morgan fingerprint density at radius 1 is 1.17 bits per heavy atom. The van der Waals surface area contributed by atoms with E-state index in [9.17, 15) is 9.59 Å². The predicted octanol–water partition coefficient (Wildman–Crippen LogP) is 3.49. The number of benzene rings is 1. The van der Waals surface area contributed by atoms with E-state index >= 15 is 0 Å². The molecule has 3 atom stereocenters. The number of carbonyl (C=O) groups is 2. The van der Waals surface area contributed by atoms with E-state index < -0.39 is 0 Å². The molecule has 6 heteroatoms. The van der Waals surface area contributed by atoms with Crippen molar-refractivity contribution < 1.29 is 9.59 Å². The first kappa shape index (κ1) is 23.1. The Kier molecular flexibility index (Phi) is 7.81. The van der Waals surface area contributed by atoms with Gasteiger partial charge in [0.2, 0.25) is 11.8 Å². The normalized spacial score (nSPS) is 27.6. The Balaban J connectivity index is 0.00000256. The van der Waals surface area contributed by atoms with Crippen molar-refractivity contribution in [1.82, 2.24) is 15.5 Å². The van der Waals surface area contributed by atoms with E-state index in [1.807, 2.05) is 23.1 Å². The molecule has 0 radical (unpaired) electrons. The second-order valence-corrected chi connectivity index (χ2v) is 9.17. The average Bonchev–Trinajstić information content (AvgIpc) is 3.21. The summed E-state index contributed by atoms with van der Waals surface area (Å²) in [7, 11) is 0. The molecule has 1 saturated carbocycles. The number of nitrogens with one attached hydrogen (secondary N) is 2. The molecule has 2 N–H and O–H groups in total. The van der Waals surface area contributed by atoms with Crippen LogP contribution in [0.2, 0.25) is 0 Å². The van der Waals surface area contributed by atoms with Crippen LogP contribution in [0.25, 0.3) is 0 Å². The third-order valence-corrected chi connectivity index (χ3v) is 7.54. The number of nitrogens with zero attached hydrogens (tertiary/aromatic N) is 1. The van der Waals surface area contributed by atoms with Crippen LogP contribution in [0, 0.1) is 11.3 Å². The zero-order chi connectivity index (χ0) is 20.3. The third kappa shape index (κ3) is 4.52. The Labute approximate surface area is 186 Å². The highest BCUT2D eigenvalue weighted by molar-refractivity contribution is 5.85. The maximum absolute atomic E-state index is 13.2. The zero-order valence-corrected chi connectivity index (χ0v) is 18.9. The summed E-state index contributed by atoms with van der Waals surface area (Å²) in [6, 6.07) is 10.3. The fourth-order valence-corrected chi connectivity index (χ4v) is 5.72. The topological polar surface area (TPSA) is 61.4 Å². The monoisotopic (exact) mass is 433 g/mol. The van der Waals surface area contributed by atoms with Gasteiger partial charge in [-0.2, -0.15) is 0 Å². The van der Waals surface area contributed by atoms with Crippen LogP contribution in [-0.4, -0.2) is 48.9 Å². The van der Waals surface area contributed by atoms with Crippen LogP contribution in [0.1, 0.15) is 63.4 Å². The molecule has 1 unspecified atom stereocenters. The molecule has 2 saturated heterocycles. The lowest BCUT2D eigenvalue weighted by Gasteiger charge is -2.40. The summed E-state index contributed by atoms with van der Waals surface area (Å²) in [4.78, 5) is 28.3. The number of carbonyl (C=O) groups excluding carboxylic acids is 2. The molecule has 3 aliphatic rings. The summed E-state index contributed by atoms with van der Waals surface area (Å²) in [5, 5.41) is 6.83. The summed E-state index contributed by atoms with van der Waals surface area (Å²) < 4.78 is 0. The third-order valence-electron chi connectivity index (χ3n) is 7.54. The van der Waals surface area contributed by atoms with Gasteiger partial charge in [0.15, 0.2) is 0 Å². The van der Waals surface area contributed by atoms with Crippen molar-refractivity contribution in [2.45, 2.75) is 63.8 Å². The van der Waals surface area contributed by atoms with Crippen molar-refractivity contribution >= 4 is 24.2 Å². The predicted molar refractivity (Wildman–Crippen MR) is 122 cm³/mol.